The van der Waals surface area contributed by atoms with Gasteiger partial charge in [-0.3, -0.25) is 4.79 Å². The van der Waals surface area contributed by atoms with E-state index >= 15 is 0 Å². The van der Waals surface area contributed by atoms with Crippen molar-refractivity contribution in [1.82, 2.24) is 0 Å². The number of hydrogen-bond acceptors (Lipinski definition) is 3. The van der Waals surface area contributed by atoms with Gasteiger partial charge < -0.3 is 15.4 Å². The van der Waals surface area contributed by atoms with Crippen LogP contribution in [0, 0.1) is 0 Å². The number of halogens is 1. The van der Waals surface area contributed by atoms with Gasteiger partial charge in [0.15, 0.2) is 0 Å². The molecule has 2 aromatic rings. The molecule has 0 unspecified atom stereocenters. The Morgan fingerprint density at radius 3 is 2.19 bits per heavy atom. The molecule has 5 heteroatoms. The zero-order chi connectivity index (χ0) is 15.2. The van der Waals surface area contributed by atoms with Gasteiger partial charge in [-0.1, -0.05) is 11.6 Å². The normalized spacial score (nSPS) is 11.6. The molecular weight excluding hydrogens is 288 g/mol. The van der Waals surface area contributed by atoms with E-state index in [1.54, 1.807) is 38.3 Å². The third-order valence-corrected chi connectivity index (χ3v) is 3.23. The van der Waals surface area contributed by atoms with Gasteiger partial charge in [-0.15, -0.1) is 0 Å². The molecule has 0 saturated heterocycles. The van der Waals surface area contributed by atoms with Crippen LogP contribution in [0.25, 0.3) is 0 Å². The molecule has 110 valence electrons. The van der Waals surface area contributed by atoms with Gasteiger partial charge in [-0.2, -0.15) is 0 Å². The monoisotopic (exact) mass is 304 g/mol. The van der Waals surface area contributed by atoms with E-state index in [1.165, 1.54) is 0 Å². The van der Waals surface area contributed by atoms with E-state index in [4.69, 9.17) is 16.3 Å². The first kappa shape index (κ1) is 15.2. The molecule has 0 spiro atoms. The van der Waals surface area contributed by atoms with Crippen molar-refractivity contribution >= 4 is 28.9 Å². The molecule has 2 rings (SSSR count). The van der Waals surface area contributed by atoms with Gasteiger partial charge in [-0.25, -0.2) is 0 Å². The number of carbonyl (C=O) groups is 1. The molecule has 0 radical (unpaired) electrons. The van der Waals surface area contributed by atoms with E-state index in [1.807, 2.05) is 24.3 Å². The van der Waals surface area contributed by atoms with E-state index in [2.05, 4.69) is 10.6 Å². The van der Waals surface area contributed by atoms with E-state index < -0.39 is 0 Å². The minimum atomic E-state index is -0.367. The maximum atomic E-state index is 12.1. The van der Waals surface area contributed by atoms with Crippen LogP contribution in [0.2, 0.25) is 5.02 Å². The number of carbonyl (C=O) groups excluding carboxylic acids is 1. The van der Waals surface area contributed by atoms with Crippen molar-refractivity contribution in [2.24, 2.45) is 0 Å². The van der Waals surface area contributed by atoms with Crippen LogP contribution >= 0.6 is 11.6 Å². The predicted molar refractivity (Wildman–Crippen MR) is 86.2 cm³/mol. The van der Waals surface area contributed by atoms with Crippen molar-refractivity contribution < 1.29 is 9.53 Å². The third-order valence-electron chi connectivity index (χ3n) is 2.98. The zero-order valence-corrected chi connectivity index (χ0v) is 12.6. The number of methoxy groups -OCH3 is 1. The average Bonchev–Trinajstić information content (AvgIpc) is 2.50. The van der Waals surface area contributed by atoms with E-state index in [-0.39, 0.29) is 11.9 Å². The van der Waals surface area contributed by atoms with Gasteiger partial charge >= 0.3 is 0 Å². The number of nitrogens with one attached hydrogen (secondary N) is 2. The van der Waals surface area contributed by atoms with Gasteiger partial charge in [0.25, 0.3) is 0 Å². The summed E-state index contributed by atoms with van der Waals surface area (Å²) in [7, 11) is 1.62. The van der Waals surface area contributed by atoms with Crippen LogP contribution in [0.3, 0.4) is 0 Å². The van der Waals surface area contributed by atoms with Crippen LogP contribution in [-0.2, 0) is 4.79 Å². The fourth-order valence-corrected chi connectivity index (χ4v) is 1.91. The van der Waals surface area contributed by atoms with Crippen LogP contribution in [0.5, 0.6) is 5.75 Å². The SMILES string of the molecule is COc1ccc(N[C@H](C)C(=O)Nc2ccc(Cl)cc2)cc1. The molecular formula is C16H17ClN2O2. The number of anilines is 2. The summed E-state index contributed by atoms with van der Waals surface area (Å²) < 4.78 is 5.09. The van der Waals surface area contributed by atoms with Crippen LogP contribution in [0.1, 0.15) is 6.92 Å². The highest BCUT2D eigenvalue weighted by Crippen LogP contribution is 2.17. The van der Waals surface area contributed by atoms with Crippen molar-refractivity contribution in [3.05, 3.63) is 53.6 Å². The highest BCUT2D eigenvalue weighted by atomic mass is 35.5. The fraction of sp³-hybridized carbons (Fsp3) is 0.188. The molecule has 0 aliphatic carbocycles. The molecule has 0 bridgehead atoms. The Labute approximate surface area is 129 Å². The minimum Gasteiger partial charge on any atom is -0.497 e. The lowest BCUT2D eigenvalue weighted by atomic mass is 10.2. The quantitative estimate of drug-likeness (QED) is 0.883. The second-order valence-corrected chi connectivity index (χ2v) is 5.03. The molecule has 0 heterocycles. The lowest BCUT2D eigenvalue weighted by Gasteiger charge is -2.15. The van der Waals surface area contributed by atoms with Gasteiger partial charge in [-0.05, 0) is 55.5 Å². The summed E-state index contributed by atoms with van der Waals surface area (Å²) in [5, 5.41) is 6.59. The van der Waals surface area contributed by atoms with Crippen LogP contribution in [0.15, 0.2) is 48.5 Å². The standard InChI is InChI=1S/C16H17ClN2O2/c1-11(18-13-7-9-15(21-2)10-8-13)16(20)19-14-5-3-12(17)4-6-14/h3-11,18H,1-2H3,(H,19,20)/t11-/m1/s1. The molecule has 0 fully saturated rings. The summed E-state index contributed by atoms with van der Waals surface area (Å²) in [6.45, 7) is 1.80. The molecule has 4 nitrogen and oxygen atoms in total. The Hall–Kier alpha value is -2.20. The fourth-order valence-electron chi connectivity index (χ4n) is 1.79. The number of ether oxygens (including phenoxy) is 1. The largest absolute Gasteiger partial charge is 0.497 e. The second kappa shape index (κ2) is 6.99. The molecule has 1 amide bonds. The van der Waals surface area contributed by atoms with E-state index in [0.717, 1.165) is 11.4 Å². The molecule has 1 atom stereocenters. The molecule has 0 aliphatic heterocycles. The van der Waals surface area contributed by atoms with Crippen molar-refractivity contribution in [3.63, 3.8) is 0 Å². The average molecular weight is 305 g/mol. The first-order chi connectivity index (χ1) is 10.1. The number of benzene rings is 2. The van der Waals surface area contributed by atoms with Crippen molar-refractivity contribution in [2.45, 2.75) is 13.0 Å². The van der Waals surface area contributed by atoms with Gasteiger partial charge in [0, 0.05) is 16.4 Å². The highest BCUT2D eigenvalue weighted by molar-refractivity contribution is 6.30. The lowest BCUT2D eigenvalue weighted by Crippen LogP contribution is -2.31. The van der Waals surface area contributed by atoms with Gasteiger partial charge in [0.05, 0.1) is 7.11 Å². The predicted octanol–water partition coefficient (Wildman–Crippen LogP) is 3.79. The first-order valence-electron chi connectivity index (χ1n) is 6.55. The highest BCUT2D eigenvalue weighted by Gasteiger charge is 2.12. The van der Waals surface area contributed by atoms with Crippen LogP contribution < -0.4 is 15.4 Å². The van der Waals surface area contributed by atoms with E-state index in [0.29, 0.717) is 10.7 Å². The maximum absolute atomic E-state index is 12.1. The van der Waals surface area contributed by atoms with Crippen molar-refractivity contribution in [3.8, 4) is 5.75 Å². The van der Waals surface area contributed by atoms with Crippen molar-refractivity contribution in [1.29, 1.82) is 0 Å². The Morgan fingerprint density at radius 2 is 1.62 bits per heavy atom. The van der Waals surface area contributed by atoms with Gasteiger partial charge in [0.2, 0.25) is 5.91 Å². The Kier molecular flexibility index (Phi) is 5.06. The molecule has 0 aromatic heterocycles. The summed E-state index contributed by atoms with van der Waals surface area (Å²) in [4.78, 5) is 12.1. The Morgan fingerprint density at radius 1 is 1.05 bits per heavy atom. The molecule has 2 aromatic carbocycles. The summed E-state index contributed by atoms with van der Waals surface area (Å²) in [6, 6.07) is 14.0. The number of rotatable bonds is 5. The number of amides is 1. The maximum Gasteiger partial charge on any atom is 0.246 e. The summed E-state index contributed by atoms with van der Waals surface area (Å²) in [5.74, 6) is 0.659. The Bertz CT molecular complexity index is 597. The minimum absolute atomic E-state index is 0.117. The van der Waals surface area contributed by atoms with Crippen molar-refractivity contribution in [2.75, 3.05) is 17.7 Å². The van der Waals surface area contributed by atoms with Gasteiger partial charge in [0.1, 0.15) is 11.8 Å². The topological polar surface area (TPSA) is 50.4 Å². The first-order valence-corrected chi connectivity index (χ1v) is 6.93. The van der Waals surface area contributed by atoms with Crippen LogP contribution in [-0.4, -0.2) is 19.1 Å². The lowest BCUT2D eigenvalue weighted by molar-refractivity contribution is -0.116. The smallest absolute Gasteiger partial charge is 0.246 e. The molecule has 2 N–H and O–H groups in total. The third kappa shape index (κ3) is 4.39. The molecule has 21 heavy (non-hydrogen) atoms. The summed E-state index contributed by atoms with van der Waals surface area (Å²) in [5.41, 5.74) is 1.57. The Balaban J connectivity index is 1.93. The molecule has 0 saturated carbocycles. The van der Waals surface area contributed by atoms with Crippen LogP contribution in [0.4, 0.5) is 11.4 Å². The second-order valence-electron chi connectivity index (χ2n) is 4.59. The summed E-state index contributed by atoms with van der Waals surface area (Å²) >= 11 is 5.81. The summed E-state index contributed by atoms with van der Waals surface area (Å²) in [6.07, 6.45) is 0. The zero-order valence-electron chi connectivity index (χ0n) is 11.9. The van der Waals surface area contributed by atoms with E-state index in [9.17, 15) is 4.79 Å². The molecule has 0 aliphatic rings. The number of hydrogen-bond donors (Lipinski definition) is 2.